The molecule has 0 spiro atoms. The Bertz CT molecular complexity index is 954. The standard InChI is InChI=1S/C17H21N9O3/c1-10-9-13(27-6)19-16(18-10)28-11-7-8-12(24-23-11)29-17-21-14(25(2)3)20-15(22-17)26(4)5/h7-9H,1-6H3. The van der Waals surface area contributed by atoms with E-state index >= 15 is 0 Å². The van der Waals surface area contributed by atoms with Gasteiger partial charge in [0.25, 0.3) is 0 Å². The van der Waals surface area contributed by atoms with Crippen LogP contribution in [0.15, 0.2) is 18.2 Å². The molecule has 12 nitrogen and oxygen atoms in total. The van der Waals surface area contributed by atoms with E-state index in [-0.39, 0.29) is 23.8 Å². The maximum atomic E-state index is 5.62. The average Bonchev–Trinajstić information content (AvgIpc) is 2.68. The second-order valence-corrected chi connectivity index (χ2v) is 6.26. The van der Waals surface area contributed by atoms with Crippen molar-refractivity contribution in [2.24, 2.45) is 0 Å². The predicted molar refractivity (Wildman–Crippen MR) is 104 cm³/mol. The number of aromatic nitrogens is 7. The summed E-state index contributed by atoms with van der Waals surface area (Å²) in [4.78, 5) is 24.6. The van der Waals surface area contributed by atoms with Gasteiger partial charge in [-0.1, -0.05) is 0 Å². The van der Waals surface area contributed by atoms with Crippen LogP contribution in [0.4, 0.5) is 11.9 Å². The van der Waals surface area contributed by atoms with E-state index in [9.17, 15) is 0 Å². The number of hydrogen-bond donors (Lipinski definition) is 0. The van der Waals surface area contributed by atoms with Gasteiger partial charge in [-0.3, -0.25) is 0 Å². The lowest BCUT2D eigenvalue weighted by Crippen LogP contribution is -2.19. The third-order valence-electron chi connectivity index (χ3n) is 3.42. The van der Waals surface area contributed by atoms with Gasteiger partial charge < -0.3 is 24.0 Å². The summed E-state index contributed by atoms with van der Waals surface area (Å²) in [6.07, 6.45) is 0. The minimum atomic E-state index is 0.0992. The molecule has 0 aliphatic rings. The second-order valence-electron chi connectivity index (χ2n) is 6.26. The molecule has 0 amide bonds. The highest BCUT2D eigenvalue weighted by Gasteiger charge is 2.13. The fourth-order valence-corrected chi connectivity index (χ4v) is 2.05. The van der Waals surface area contributed by atoms with Crippen molar-refractivity contribution in [3.8, 4) is 29.7 Å². The molecule has 0 saturated carbocycles. The molecule has 0 saturated heterocycles. The zero-order chi connectivity index (χ0) is 21.0. The van der Waals surface area contributed by atoms with E-state index in [4.69, 9.17) is 14.2 Å². The Morgan fingerprint density at radius 3 is 1.66 bits per heavy atom. The molecule has 0 N–H and O–H groups in total. The maximum absolute atomic E-state index is 5.62. The number of methoxy groups -OCH3 is 1. The molecule has 0 radical (unpaired) electrons. The SMILES string of the molecule is COc1cc(C)nc(Oc2ccc(Oc3nc(N(C)C)nc(N(C)C)n3)nn2)n1. The van der Waals surface area contributed by atoms with Crippen LogP contribution in [-0.2, 0) is 0 Å². The van der Waals surface area contributed by atoms with Crippen molar-refractivity contribution >= 4 is 11.9 Å². The predicted octanol–water partition coefficient (Wildman–Crippen LogP) is 1.49. The summed E-state index contributed by atoms with van der Waals surface area (Å²) in [5.74, 6) is 1.70. The summed E-state index contributed by atoms with van der Waals surface area (Å²) in [5.41, 5.74) is 0.697. The van der Waals surface area contributed by atoms with Crippen LogP contribution in [-0.4, -0.2) is 70.4 Å². The van der Waals surface area contributed by atoms with E-state index in [1.165, 1.54) is 7.11 Å². The monoisotopic (exact) mass is 399 g/mol. The molecule has 0 atom stereocenters. The number of anilines is 2. The molecule has 0 bridgehead atoms. The molecule has 3 aromatic rings. The highest BCUT2D eigenvalue weighted by Crippen LogP contribution is 2.22. The first-order valence-corrected chi connectivity index (χ1v) is 8.54. The quantitative estimate of drug-likeness (QED) is 0.571. The molecule has 3 aromatic heterocycles. The first kappa shape index (κ1) is 19.9. The first-order chi connectivity index (χ1) is 13.8. The zero-order valence-corrected chi connectivity index (χ0v) is 17.0. The molecule has 12 heteroatoms. The summed E-state index contributed by atoms with van der Waals surface area (Å²) >= 11 is 0. The maximum Gasteiger partial charge on any atom is 0.330 e. The lowest BCUT2D eigenvalue weighted by atomic mass is 10.4. The fourth-order valence-electron chi connectivity index (χ4n) is 2.05. The molecule has 29 heavy (non-hydrogen) atoms. The van der Waals surface area contributed by atoms with Crippen LogP contribution in [0.2, 0.25) is 0 Å². The third kappa shape index (κ3) is 5.12. The summed E-state index contributed by atoms with van der Waals surface area (Å²) in [7, 11) is 8.82. The van der Waals surface area contributed by atoms with Crippen LogP contribution >= 0.6 is 0 Å². The first-order valence-electron chi connectivity index (χ1n) is 8.54. The van der Waals surface area contributed by atoms with Crippen molar-refractivity contribution in [2.45, 2.75) is 6.92 Å². The van der Waals surface area contributed by atoms with Crippen LogP contribution in [0.25, 0.3) is 0 Å². The molecular formula is C17H21N9O3. The van der Waals surface area contributed by atoms with Gasteiger partial charge in [0, 0.05) is 52.1 Å². The van der Waals surface area contributed by atoms with Crippen LogP contribution < -0.4 is 24.0 Å². The number of nitrogens with zero attached hydrogens (tertiary/aromatic N) is 9. The summed E-state index contributed by atoms with van der Waals surface area (Å²) in [5, 5.41) is 7.93. The molecule has 0 fully saturated rings. The van der Waals surface area contributed by atoms with Crippen molar-refractivity contribution in [1.82, 2.24) is 35.1 Å². The Balaban J connectivity index is 1.76. The van der Waals surface area contributed by atoms with Gasteiger partial charge in [-0.2, -0.15) is 24.9 Å². The minimum absolute atomic E-state index is 0.0992. The van der Waals surface area contributed by atoms with Crippen LogP contribution in [0.5, 0.6) is 29.7 Å². The lowest BCUT2D eigenvalue weighted by Gasteiger charge is -2.15. The van der Waals surface area contributed by atoms with Crippen LogP contribution in [0, 0.1) is 6.92 Å². The van der Waals surface area contributed by atoms with E-state index in [0.29, 0.717) is 23.5 Å². The van der Waals surface area contributed by atoms with Gasteiger partial charge in [0.15, 0.2) is 0 Å². The molecule has 0 aliphatic heterocycles. The Morgan fingerprint density at radius 1 is 0.690 bits per heavy atom. The van der Waals surface area contributed by atoms with Gasteiger partial charge in [-0.15, -0.1) is 10.2 Å². The Kier molecular flexibility index (Phi) is 5.81. The summed E-state index contributed by atoms with van der Waals surface area (Å²) < 4.78 is 16.2. The van der Waals surface area contributed by atoms with Crippen molar-refractivity contribution < 1.29 is 14.2 Å². The highest BCUT2D eigenvalue weighted by atomic mass is 16.5. The molecule has 3 rings (SSSR count). The van der Waals surface area contributed by atoms with Crippen molar-refractivity contribution in [1.29, 1.82) is 0 Å². The van der Waals surface area contributed by atoms with Gasteiger partial charge in [-0.25, -0.2) is 0 Å². The van der Waals surface area contributed by atoms with Crippen molar-refractivity contribution in [3.63, 3.8) is 0 Å². The summed E-state index contributed by atoms with van der Waals surface area (Å²) in [6, 6.07) is 5.04. The van der Waals surface area contributed by atoms with E-state index < -0.39 is 0 Å². The van der Waals surface area contributed by atoms with Crippen LogP contribution in [0.1, 0.15) is 5.69 Å². The van der Waals surface area contributed by atoms with Gasteiger partial charge >= 0.3 is 12.0 Å². The lowest BCUT2D eigenvalue weighted by molar-refractivity contribution is 0.365. The van der Waals surface area contributed by atoms with E-state index in [1.54, 1.807) is 34.9 Å². The molecular weight excluding hydrogens is 378 g/mol. The molecule has 0 aliphatic carbocycles. The van der Waals surface area contributed by atoms with E-state index in [1.807, 2.05) is 28.2 Å². The van der Waals surface area contributed by atoms with Crippen molar-refractivity contribution in [3.05, 3.63) is 23.9 Å². The Hall–Kier alpha value is -3.83. The molecule has 0 aromatic carbocycles. The zero-order valence-electron chi connectivity index (χ0n) is 17.0. The van der Waals surface area contributed by atoms with E-state index in [2.05, 4.69) is 35.1 Å². The minimum Gasteiger partial charge on any atom is -0.481 e. The summed E-state index contributed by atoms with van der Waals surface area (Å²) in [6.45, 7) is 1.80. The number of ether oxygens (including phenoxy) is 3. The Morgan fingerprint density at radius 2 is 1.21 bits per heavy atom. The third-order valence-corrected chi connectivity index (χ3v) is 3.42. The molecule has 0 unspecified atom stereocenters. The van der Waals surface area contributed by atoms with Crippen molar-refractivity contribution in [2.75, 3.05) is 45.1 Å². The van der Waals surface area contributed by atoms with E-state index in [0.717, 1.165) is 0 Å². The average molecular weight is 399 g/mol. The molecule has 152 valence electrons. The van der Waals surface area contributed by atoms with Gasteiger partial charge in [-0.05, 0) is 6.92 Å². The topological polar surface area (TPSA) is 124 Å². The number of hydrogen-bond acceptors (Lipinski definition) is 12. The van der Waals surface area contributed by atoms with Gasteiger partial charge in [0.05, 0.1) is 7.11 Å². The Labute approximate surface area is 167 Å². The highest BCUT2D eigenvalue weighted by molar-refractivity contribution is 5.38. The van der Waals surface area contributed by atoms with Gasteiger partial charge in [0.1, 0.15) is 0 Å². The number of rotatable bonds is 7. The number of aryl methyl sites for hydroxylation is 1. The molecule has 3 heterocycles. The normalized spacial score (nSPS) is 10.4. The van der Waals surface area contributed by atoms with Crippen LogP contribution in [0.3, 0.4) is 0 Å². The largest absolute Gasteiger partial charge is 0.481 e. The van der Waals surface area contributed by atoms with Gasteiger partial charge in [0.2, 0.25) is 29.5 Å². The second kappa shape index (κ2) is 8.46. The fraction of sp³-hybridized carbons (Fsp3) is 0.353. The smallest absolute Gasteiger partial charge is 0.330 e.